The van der Waals surface area contributed by atoms with E-state index in [1.54, 1.807) is 38.1 Å². The first-order valence-corrected chi connectivity index (χ1v) is 7.47. The molecule has 10 heteroatoms. The Bertz CT molecular complexity index is 909. The van der Waals surface area contributed by atoms with Crippen LogP contribution in [-0.2, 0) is 4.74 Å². The standard InChI is InChI=1S/C9H9NO4.C8H8N2O3/c1-6-4-3-5-7(9(11)14-2)8(6)10(12)13;1-5-3-2-4-6(8(9)11)7(5)10(12)13/h3-5H,1-2H3;2-4H,1H3,(H2,9,11). The SMILES string of the molecule is COC(=O)c1cccc(C)c1[N+](=O)[O-].Cc1cccc(C(N)=O)c1[N+](=O)[O-]. The quantitative estimate of drug-likeness (QED) is 0.489. The van der Waals surface area contributed by atoms with Crippen LogP contribution in [0.15, 0.2) is 36.4 Å². The highest BCUT2D eigenvalue weighted by atomic mass is 16.6. The Balaban J connectivity index is 0.000000271. The molecule has 0 atom stereocenters. The lowest BCUT2D eigenvalue weighted by Crippen LogP contribution is -2.13. The second-order valence-electron chi connectivity index (χ2n) is 5.31. The van der Waals surface area contributed by atoms with Gasteiger partial charge in [-0.3, -0.25) is 25.0 Å². The van der Waals surface area contributed by atoms with Crippen molar-refractivity contribution >= 4 is 23.3 Å². The van der Waals surface area contributed by atoms with Crippen molar-refractivity contribution in [1.29, 1.82) is 0 Å². The van der Waals surface area contributed by atoms with Gasteiger partial charge in [0.1, 0.15) is 11.1 Å². The largest absolute Gasteiger partial charge is 0.465 e. The van der Waals surface area contributed by atoms with Crippen molar-refractivity contribution in [3.63, 3.8) is 0 Å². The number of carbonyl (C=O) groups excluding carboxylic acids is 2. The van der Waals surface area contributed by atoms with Crippen molar-refractivity contribution < 1.29 is 24.2 Å². The summed E-state index contributed by atoms with van der Waals surface area (Å²) in [5.41, 5.74) is 5.38. The molecule has 0 bridgehead atoms. The van der Waals surface area contributed by atoms with Crippen molar-refractivity contribution in [3.05, 3.63) is 78.9 Å². The number of hydrogen-bond donors (Lipinski definition) is 1. The minimum atomic E-state index is -0.782. The van der Waals surface area contributed by atoms with Crippen LogP contribution in [0.25, 0.3) is 0 Å². The van der Waals surface area contributed by atoms with Crippen LogP contribution in [-0.4, -0.2) is 28.8 Å². The number of ether oxygens (including phenoxy) is 1. The third kappa shape index (κ3) is 5.08. The molecule has 0 saturated carbocycles. The highest BCUT2D eigenvalue weighted by molar-refractivity contribution is 5.97. The Labute approximate surface area is 153 Å². The highest BCUT2D eigenvalue weighted by Gasteiger charge is 2.22. The normalized spacial score (nSPS) is 9.59. The second kappa shape index (κ2) is 9.04. The van der Waals surface area contributed by atoms with E-state index < -0.39 is 21.7 Å². The number of nitrogens with two attached hydrogens (primary N) is 1. The molecule has 0 radical (unpaired) electrons. The first kappa shape index (κ1) is 21.2. The molecule has 2 aromatic rings. The first-order valence-electron chi connectivity index (χ1n) is 7.47. The minimum absolute atomic E-state index is 0.0162. The monoisotopic (exact) mass is 375 g/mol. The van der Waals surface area contributed by atoms with Gasteiger partial charge in [-0.05, 0) is 26.0 Å². The second-order valence-corrected chi connectivity index (χ2v) is 5.31. The molecule has 0 aliphatic heterocycles. The number of nitro benzene ring substituents is 2. The molecule has 2 N–H and O–H groups in total. The van der Waals surface area contributed by atoms with Gasteiger partial charge in [-0.15, -0.1) is 0 Å². The van der Waals surface area contributed by atoms with E-state index in [0.29, 0.717) is 11.1 Å². The number of benzene rings is 2. The molecule has 2 rings (SSSR count). The van der Waals surface area contributed by atoms with Gasteiger partial charge in [0.05, 0.1) is 17.0 Å². The Morgan fingerprint density at radius 1 is 0.889 bits per heavy atom. The van der Waals surface area contributed by atoms with E-state index in [-0.39, 0.29) is 22.5 Å². The van der Waals surface area contributed by atoms with Crippen LogP contribution >= 0.6 is 0 Å². The van der Waals surface area contributed by atoms with E-state index in [1.807, 2.05) is 0 Å². The average molecular weight is 375 g/mol. The van der Waals surface area contributed by atoms with E-state index in [9.17, 15) is 29.8 Å². The van der Waals surface area contributed by atoms with Crippen LogP contribution in [0.3, 0.4) is 0 Å². The lowest BCUT2D eigenvalue weighted by Gasteiger charge is -2.02. The summed E-state index contributed by atoms with van der Waals surface area (Å²) in [6.07, 6.45) is 0. The summed E-state index contributed by atoms with van der Waals surface area (Å²) in [5, 5.41) is 21.2. The van der Waals surface area contributed by atoms with Gasteiger partial charge in [-0.25, -0.2) is 4.79 Å². The number of amides is 1. The molecular weight excluding hydrogens is 358 g/mol. The van der Waals surface area contributed by atoms with E-state index in [0.717, 1.165) is 0 Å². The number of para-hydroxylation sites is 2. The molecule has 10 nitrogen and oxygen atoms in total. The van der Waals surface area contributed by atoms with Gasteiger partial charge in [0.2, 0.25) is 0 Å². The van der Waals surface area contributed by atoms with Crippen LogP contribution in [0.1, 0.15) is 31.8 Å². The summed E-state index contributed by atoms with van der Waals surface area (Å²) < 4.78 is 4.44. The zero-order chi connectivity index (χ0) is 20.7. The van der Waals surface area contributed by atoms with Gasteiger partial charge in [-0.2, -0.15) is 0 Å². The minimum Gasteiger partial charge on any atom is -0.465 e. The van der Waals surface area contributed by atoms with Gasteiger partial charge in [-0.1, -0.05) is 24.3 Å². The van der Waals surface area contributed by atoms with Crippen molar-refractivity contribution in [2.24, 2.45) is 5.73 Å². The lowest BCUT2D eigenvalue weighted by atomic mass is 10.1. The van der Waals surface area contributed by atoms with Gasteiger partial charge in [0, 0.05) is 11.1 Å². The zero-order valence-corrected chi connectivity index (χ0v) is 14.8. The van der Waals surface area contributed by atoms with Crippen LogP contribution in [0.2, 0.25) is 0 Å². The fourth-order valence-corrected chi connectivity index (χ4v) is 2.28. The predicted molar refractivity (Wildman–Crippen MR) is 95.5 cm³/mol. The van der Waals surface area contributed by atoms with Crippen LogP contribution in [0.5, 0.6) is 0 Å². The van der Waals surface area contributed by atoms with Crippen LogP contribution in [0, 0.1) is 34.1 Å². The fraction of sp³-hybridized carbons (Fsp3) is 0.176. The molecule has 0 aliphatic carbocycles. The summed E-state index contributed by atoms with van der Waals surface area (Å²) in [6.45, 7) is 3.13. The van der Waals surface area contributed by atoms with Crippen LogP contribution in [0.4, 0.5) is 11.4 Å². The number of methoxy groups -OCH3 is 1. The first-order chi connectivity index (χ1) is 12.6. The van der Waals surface area contributed by atoms with Crippen molar-refractivity contribution in [3.8, 4) is 0 Å². The molecular formula is C17H17N3O7. The summed E-state index contributed by atoms with van der Waals surface area (Å²) in [5.74, 6) is -1.48. The Kier molecular flexibility index (Phi) is 7.10. The molecule has 0 aliphatic rings. The zero-order valence-electron chi connectivity index (χ0n) is 14.8. The molecule has 1 amide bonds. The maximum absolute atomic E-state index is 11.2. The van der Waals surface area contributed by atoms with Gasteiger partial charge < -0.3 is 10.5 Å². The third-order valence-electron chi connectivity index (χ3n) is 3.51. The smallest absolute Gasteiger partial charge is 0.344 e. The number of hydrogen-bond acceptors (Lipinski definition) is 7. The fourth-order valence-electron chi connectivity index (χ4n) is 2.28. The number of aryl methyl sites for hydroxylation is 2. The summed E-state index contributed by atoms with van der Waals surface area (Å²) in [7, 11) is 1.19. The van der Waals surface area contributed by atoms with E-state index in [4.69, 9.17) is 5.73 Å². The Hall–Kier alpha value is -3.82. The third-order valence-corrected chi connectivity index (χ3v) is 3.51. The molecule has 2 aromatic carbocycles. The molecule has 0 fully saturated rings. The maximum Gasteiger partial charge on any atom is 0.344 e. The topological polar surface area (TPSA) is 156 Å². The van der Waals surface area contributed by atoms with E-state index in [2.05, 4.69) is 4.74 Å². The van der Waals surface area contributed by atoms with Gasteiger partial charge in [0.25, 0.3) is 17.3 Å². The summed E-state index contributed by atoms with van der Waals surface area (Å²) >= 11 is 0. The van der Waals surface area contributed by atoms with Crippen molar-refractivity contribution in [2.75, 3.05) is 7.11 Å². The number of primary amides is 1. The summed E-state index contributed by atoms with van der Waals surface area (Å²) in [4.78, 5) is 42.0. The molecule has 0 saturated heterocycles. The molecule has 0 spiro atoms. The van der Waals surface area contributed by atoms with Crippen LogP contribution < -0.4 is 5.73 Å². The van der Waals surface area contributed by atoms with E-state index in [1.165, 1.54) is 19.2 Å². The maximum atomic E-state index is 11.2. The summed E-state index contributed by atoms with van der Waals surface area (Å²) in [6, 6.07) is 8.98. The molecule has 0 heterocycles. The van der Waals surface area contributed by atoms with Crippen molar-refractivity contribution in [2.45, 2.75) is 13.8 Å². The van der Waals surface area contributed by atoms with Crippen molar-refractivity contribution in [1.82, 2.24) is 0 Å². The predicted octanol–water partition coefficient (Wildman–Crippen LogP) is 2.69. The molecule has 27 heavy (non-hydrogen) atoms. The number of esters is 1. The Morgan fingerprint density at radius 2 is 1.30 bits per heavy atom. The number of nitro groups is 2. The van der Waals surface area contributed by atoms with Gasteiger partial charge >= 0.3 is 5.97 Å². The molecule has 0 aromatic heterocycles. The Morgan fingerprint density at radius 3 is 1.63 bits per heavy atom. The number of carbonyl (C=O) groups is 2. The van der Waals surface area contributed by atoms with E-state index >= 15 is 0 Å². The lowest BCUT2D eigenvalue weighted by molar-refractivity contribution is -0.385. The number of nitrogens with zero attached hydrogens (tertiary/aromatic N) is 2. The molecule has 0 unspecified atom stereocenters. The molecule has 142 valence electrons. The van der Waals surface area contributed by atoms with Gasteiger partial charge in [0.15, 0.2) is 0 Å². The highest BCUT2D eigenvalue weighted by Crippen LogP contribution is 2.23. The number of rotatable bonds is 4. The average Bonchev–Trinajstić information content (AvgIpc) is 2.60.